The largest absolute Gasteiger partial charge is 0.467 e. The van der Waals surface area contributed by atoms with Gasteiger partial charge < -0.3 is 15.0 Å². The molecule has 0 aliphatic carbocycles. The van der Waals surface area contributed by atoms with Crippen LogP contribution in [0.5, 0.6) is 6.01 Å². The average molecular weight is 409 g/mol. The van der Waals surface area contributed by atoms with E-state index in [2.05, 4.69) is 30.2 Å². The van der Waals surface area contributed by atoms with Crippen molar-refractivity contribution in [2.24, 2.45) is 0 Å². The Hall–Kier alpha value is -3.56. The van der Waals surface area contributed by atoms with E-state index in [0.29, 0.717) is 22.7 Å². The van der Waals surface area contributed by atoms with Gasteiger partial charge in [-0.05, 0) is 31.4 Å². The third-order valence-electron chi connectivity index (χ3n) is 4.96. The van der Waals surface area contributed by atoms with E-state index in [1.807, 2.05) is 6.07 Å². The molecule has 1 N–H and O–H groups in total. The van der Waals surface area contributed by atoms with Crippen molar-refractivity contribution < 1.29 is 9.53 Å². The first kappa shape index (κ1) is 19.7. The lowest BCUT2D eigenvalue weighted by molar-refractivity contribution is -0.121. The van der Waals surface area contributed by atoms with Crippen LogP contribution in [0.2, 0.25) is 0 Å². The van der Waals surface area contributed by atoms with Crippen LogP contribution in [-0.4, -0.2) is 50.6 Å². The number of rotatable bonds is 6. The monoisotopic (exact) mass is 409 g/mol. The van der Waals surface area contributed by atoms with E-state index in [-0.39, 0.29) is 30.6 Å². The van der Waals surface area contributed by atoms with E-state index in [4.69, 9.17) is 4.74 Å². The van der Waals surface area contributed by atoms with Crippen LogP contribution in [0.1, 0.15) is 25.1 Å². The van der Waals surface area contributed by atoms with Crippen molar-refractivity contribution in [3.63, 3.8) is 0 Å². The van der Waals surface area contributed by atoms with Crippen molar-refractivity contribution in [2.45, 2.75) is 32.4 Å². The van der Waals surface area contributed by atoms with Gasteiger partial charge in [0, 0.05) is 13.1 Å². The summed E-state index contributed by atoms with van der Waals surface area (Å²) in [4.78, 5) is 44.3. The van der Waals surface area contributed by atoms with Gasteiger partial charge in [-0.2, -0.15) is 15.0 Å². The van der Waals surface area contributed by atoms with E-state index < -0.39 is 0 Å². The minimum atomic E-state index is -0.340. The fraction of sp³-hybridized carbons (Fsp3) is 0.400. The Morgan fingerprint density at radius 1 is 1.13 bits per heavy atom. The van der Waals surface area contributed by atoms with Crippen molar-refractivity contribution in [2.75, 3.05) is 25.1 Å². The van der Waals surface area contributed by atoms with Crippen LogP contribution in [0.25, 0.3) is 10.9 Å². The molecule has 1 saturated heterocycles. The molecule has 1 aromatic carbocycles. The molecule has 1 amide bonds. The second-order valence-corrected chi connectivity index (χ2v) is 7.06. The molecule has 0 atom stereocenters. The van der Waals surface area contributed by atoms with E-state index in [9.17, 15) is 9.59 Å². The number of nitrogens with one attached hydrogen (secondary N) is 1. The minimum Gasteiger partial charge on any atom is -0.467 e. The molecular weight excluding hydrogens is 386 g/mol. The first-order valence-corrected chi connectivity index (χ1v) is 9.89. The number of amides is 1. The molecule has 0 radical (unpaired) electrons. The van der Waals surface area contributed by atoms with Crippen LogP contribution in [-0.2, 0) is 17.9 Å². The van der Waals surface area contributed by atoms with Gasteiger partial charge in [0.05, 0.1) is 30.9 Å². The number of hydrogen-bond acceptors (Lipinski definition) is 8. The number of benzene rings is 1. The van der Waals surface area contributed by atoms with Gasteiger partial charge in [-0.25, -0.2) is 4.98 Å². The topological polar surface area (TPSA) is 115 Å². The quantitative estimate of drug-likeness (QED) is 0.638. The Bertz CT molecular complexity index is 1110. The van der Waals surface area contributed by atoms with Gasteiger partial charge in [-0.3, -0.25) is 14.2 Å². The summed E-state index contributed by atoms with van der Waals surface area (Å²) in [6.07, 6.45) is 4.76. The summed E-state index contributed by atoms with van der Waals surface area (Å²) >= 11 is 0. The Labute approximate surface area is 173 Å². The molecule has 3 aromatic rings. The molecule has 2 aromatic heterocycles. The lowest BCUT2D eigenvalue weighted by atomic mass is 10.1. The van der Waals surface area contributed by atoms with Gasteiger partial charge in [-0.15, -0.1) is 0 Å². The maximum atomic E-state index is 12.5. The highest BCUT2D eigenvalue weighted by molar-refractivity contribution is 5.78. The Balaban J connectivity index is 1.45. The predicted molar refractivity (Wildman–Crippen MR) is 110 cm³/mol. The molecule has 0 unspecified atom stereocenters. The van der Waals surface area contributed by atoms with Crippen LogP contribution in [0.15, 0.2) is 35.4 Å². The smallest absolute Gasteiger partial charge is 0.321 e. The van der Waals surface area contributed by atoms with Crippen molar-refractivity contribution in [3.8, 4) is 6.01 Å². The van der Waals surface area contributed by atoms with Crippen LogP contribution in [0.4, 0.5) is 5.95 Å². The first-order chi connectivity index (χ1) is 14.6. The third-order valence-corrected chi connectivity index (χ3v) is 4.96. The molecule has 4 rings (SSSR count). The molecule has 3 heterocycles. The maximum absolute atomic E-state index is 12.5. The first-order valence-electron chi connectivity index (χ1n) is 9.89. The molecule has 30 heavy (non-hydrogen) atoms. The van der Waals surface area contributed by atoms with Gasteiger partial charge in [0.2, 0.25) is 11.9 Å². The summed E-state index contributed by atoms with van der Waals surface area (Å²) in [7, 11) is 1.50. The number of carbonyl (C=O) groups excluding carboxylic acids is 1. The van der Waals surface area contributed by atoms with Crippen molar-refractivity contribution >= 4 is 22.8 Å². The number of hydrogen-bond donors (Lipinski definition) is 1. The molecule has 0 bridgehead atoms. The molecule has 1 fully saturated rings. The molecule has 0 saturated carbocycles. The second-order valence-electron chi connectivity index (χ2n) is 7.06. The lowest BCUT2D eigenvalue weighted by Crippen LogP contribution is -2.34. The highest BCUT2D eigenvalue weighted by atomic mass is 16.5. The fourth-order valence-electron chi connectivity index (χ4n) is 3.40. The standard InChI is InChI=1S/C20H23N7O3/c1-30-20-24-16(23-19(25-20)26-9-5-2-6-10-26)11-21-17(28)12-27-13-22-15-8-4-3-7-14(15)18(27)29/h3-4,7-8,13H,2,5-6,9-12H2,1H3,(H,21,28). The molecule has 156 valence electrons. The van der Waals surface area contributed by atoms with Gasteiger partial charge in [0.25, 0.3) is 5.56 Å². The predicted octanol–water partition coefficient (Wildman–Crippen LogP) is 0.897. The normalized spacial score (nSPS) is 14.0. The molecule has 0 spiro atoms. The Morgan fingerprint density at radius 3 is 2.73 bits per heavy atom. The number of carbonyl (C=O) groups is 1. The summed E-state index contributed by atoms with van der Waals surface area (Å²) in [6, 6.07) is 7.24. The van der Waals surface area contributed by atoms with Crippen molar-refractivity contribution in [1.29, 1.82) is 0 Å². The summed E-state index contributed by atoms with van der Waals surface area (Å²) in [5.74, 6) is 0.619. The van der Waals surface area contributed by atoms with Gasteiger partial charge >= 0.3 is 6.01 Å². The number of methoxy groups -OCH3 is 1. The van der Waals surface area contributed by atoms with Crippen LogP contribution >= 0.6 is 0 Å². The summed E-state index contributed by atoms with van der Waals surface area (Å²) in [5.41, 5.74) is 0.339. The zero-order valence-electron chi connectivity index (χ0n) is 16.7. The van der Waals surface area contributed by atoms with Crippen molar-refractivity contribution in [3.05, 3.63) is 46.8 Å². The number of piperidine rings is 1. The summed E-state index contributed by atoms with van der Waals surface area (Å²) in [5, 5.41) is 3.22. The Morgan fingerprint density at radius 2 is 1.93 bits per heavy atom. The van der Waals surface area contributed by atoms with E-state index in [0.717, 1.165) is 25.9 Å². The minimum absolute atomic E-state index is 0.105. The van der Waals surface area contributed by atoms with Crippen LogP contribution in [0.3, 0.4) is 0 Å². The van der Waals surface area contributed by atoms with E-state index in [1.165, 1.54) is 24.4 Å². The van der Waals surface area contributed by atoms with Crippen LogP contribution in [0, 0.1) is 0 Å². The number of nitrogens with zero attached hydrogens (tertiary/aromatic N) is 6. The number of ether oxygens (including phenoxy) is 1. The van der Waals surface area contributed by atoms with Crippen LogP contribution < -0.4 is 20.5 Å². The molecular formula is C20H23N7O3. The highest BCUT2D eigenvalue weighted by Gasteiger charge is 2.17. The third kappa shape index (κ3) is 4.37. The summed E-state index contributed by atoms with van der Waals surface area (Å²) in [6.45, 7) is 1.74. The number of para-hydroxylation sites is 1. The molecule has 10 heteroatoms. The van der Waals surface area contributed by atoms with Gasteiger partial charge in [0.15, 0.2) is 5.82 Å². The molecule has 1 aliphatic heterocycles. The highest BCUT2D eigenvalue weighted by Crippen LogP contribution is 2.17. The fourth-order valence-corrected chi connectivity index (χ4v) is 3.40. The SMILES string of the molecule is COc1nc(CNC(=O)Cn2cnc3ccccc3c2=O)nc(N2CCCCC2)n1. The van der Waals surface area contributed by atoms with Gasteiger partial charge in [-0.1, -0.05) is 12.1 Å². The maximum Gasteiger partial charge on any atom is 0.321 e. The average Bonchev–Trinajstić information content (AvgIpc) is 2.80. The second kappa shape index (κ2) is 8.85. The number of fused-ring (bicyclic) bond motifs is 1. The number of anilines is 1. The zero-order chi connectivity index (χ0) is 20.9. The van der Waals surface area contributed by atoms with Gasteiger partial charge in [0.1, 0.15) is 6.54 Å². The van der Waals surface area contributed by atoms with E-state index in [1.54, 1.807) is 18.2 Å². The summed E-state index contributed by atoms with van der Waals surface area (Å²) < 4.78 is 6.47. The lowest BCUT2D eigenvalue weighted by Gasteiger charge is -2.26. The van der Waals surface area contributed by atoms with E-state index >= 15 is 0 Å². The number of aromatic nitrogens is 5. The molecule has 1 aliphatic rings. The molecule has 10 nitrogen and oxygen atoms in total. The Kier molecular flexibility index (Phi) is 5.82. The van der Waals surface area contributed by atoms with Crippen molar-refractivity contribution in [1.82, 2.24) is 29.8 Å². The zero-order valence-corrected chi connectivity index (χ0v) is 16.7.